The molecule has 1 heterocycles. The predicted octanol–water partition coefficient (Wildman–Crippen LogP) is 4.55. The molecule has 0 aliphatic carbocycles. The van der Waals surface area contributed by atoms with Crippen molar-refractivity contribution in [2.45, 2.75) is 6.92 Å². The highest BCUT2D eigenvalue weighted by atomic mass is 79.9. The molecule has 0 amide bonds. The van der Waals surface area contributed by atoms with E-state index >= 15 is 0 Å². The first-order valence-electron chi connectivity index (χ1n) is 5.19. The fraction of sp³-hybridized carbons (Fsp3) is 0.0909. The van der Waals surface area contributed by atoms with Crippen molar-refractivity contribution >= 4 is 44.8 Å². The Morgan fingerprint density at radius 2 is 1.85 bits per heavy atom. The van der Waals surface area contributed by atoms with Gasteiger partial charge in [0, 0.05) is 18.2 Å². The third-order valence-corrected chi connectivity index (χ3v) is 3.15. The topological polar surface area (TPSA) is 78.2 Å². The van der Waals surface area contributed by atoms with Crippen molar-refractivity contribution in [1.82, 2.24) is 9.97 Å². The Kier molecular flexibility index (Phi) is 4.42. The number of hydrogen-bond donors (Lipinski definition) is 0. The maximum absolute atomic E-state index is 10.7. The van der Waals surface area contributed by atoms with Crippen molar-refractivity contribution in [3.63, 3.8) is 0 Å². The molecule has 0 bridgehead atoms. The number of nitro benzene ring substituents is 1. The Hall–Kier alpha value is -1.44. The maximum Gasteiger partial charge on any atom is 0.272 e. The highest BCUT2D eigenvalue weighted by Gasteiger charge is 2.17. The van der Waals surface area contributed by atoms with E-state index in [9.17, 15) is 10.1 Å². The van der Waals surface area contributed by atoms with E-state index in [-0.39, 0.29) is 27.4 Å². The zero-order valence-electron chi connectivity index (χ0n) is 9.93. The molecule has 0 aliphatic heterocycles. The Morgan fingerprint density at radius 3 is 2.35 bits per heavy atom. The van der Waals surface area contributed by atoms with Gasteiger partial charge in [-0.3, -0.25) is 10.1 Å². The van der Waals surface area contributed by atoms with Crippen LogP contribution in [0.1, 0.15) is 5.82 Å². The number of halogens is 3. The summed E-state index contributed by atoms with van der Waals surface area (Å²) in [4.78, 5) is 18.2. The molecule has 1 aromatic heterocycles. The van der Waals surface area contributed by atoms with E-state index in [4.69, 9.17) is 27.9 Å². The molecule has 0 saturated carbocycles. The van der Waals surface area contributed by atoms with Crippen LogP contribution in [0.2, 0.25) is 10.0 Å². The highest BCUT2D eigenvalue weighted by Crippen LogP contribution is 2.39. The SMILES string of the molecule is Cc1nc(Br)cc(Oc2c(Cl)cc([N+](=O)[O-])cc2Cl)n1. The Bertz CT molecular complexity index is 653. The monoisotopic (exact) mass is 377 g/mol. The number of nitro groups is 1. The second kappa shape index (κ2) is 5.90. The largest absolute Gasteiger partial charge is 0.436 e. The number of aromatic nitrogens is 2. The quantitative estimate of drug-likeness (QED) is 0.444. The molecule has 0 fully saturated rings. The van der Waals surface area contributed by atoms with Gasteiger partial charge in [-0.2, -0.15) is 4.98 Å². The molecule has 0 saturated heterocycles. The van der Waals surface area contributed by atoms with Crippen molar-refractivity contribution in [3.05, 3.63) is 48.8 Å². The lowest BCUT2D eigenvalue weighted by Crippen LogP contribution is -1.95. The molecule has 0 aliphatic rings. The van der Waals surface area contributed by atoms with Crippen molar-refractivity contribution in [2.75, 3.05) is 0 Å². The molecular formula is C11H6BrCl2N3O3. The van der Waals surface area contributed by atoms with Crippen LogP contribution in [-0.4, -0.2) is 14.9 Å². The minimum atomic E-state index is -0.590. The van der Waals surface area contributed by atoms with E-state index in [2.05, 4.69) is 25.9 Å². The number of ether oxygens (including phenoxy) is 1. The van der Waals surface area contributed by atoms with Crippen LogP contribution in [0.15, 0.2) is 22.8 Å². The van der Waals surface area contributed by atoms with E-state index in [0.717, 1.165) is 12.1 Å². The van der Waals surface area contributed by atoms with Gasteiger partial charge in [0.05, 0.1) is 15.0 Å². The van der Waals surface area contributed by atoms with Gasteiger partial charge in [-0.15, -0.1) is 0 Å². The second-order valence-corrected chi connectivity index (χ2v) is 5.30. The fourth-order valence-electron chi connectivity index (χ4n) is 1.41. The van der Waals surface area contributed by atoms with Gasteiger partial charge < -0.3 is 4.74 Å². The van der Waals surface area contributed by atoms with Crippen LogP contribution < -0.4 is 4.74 Å². The molecule has 2 rings (SSSR count). The van der Waals surface area contributed by atoms with Gasteiger partial charge in [0.15, 0.2) is 5.75 Å². The smallest absolute Gasteiger partial charge is 0.272 e. The van der Waals surface area contributed by atoms with Crippen LogP contribution in [0.4, 0.5) is 5.69 Å². The second-order valence-electron chi connectivity index (χ2n) is 3.67. The number of hydrogen-bond acceptors (Lipinski definition) is 5. The first-order chi connectivity index (χ1) is 9.36. The molecule has 0 N–H and O–H groups in total. The van der Waals surface area contributed by atoms with Crippen molar-refractivity contribution in [2.24, 2.45) is 0 Å². The average Bonchev–Trinajstić information content (AvgIpc) is 2.32. The van der Waals surface area contributed by atoms with Gasteiger partial charge in [-0.25, -0.2) is 4.98 Å². The normalized spacial score (nSPS) is 10.4. The lowest BCUT2D eigenvalue weighted by atomic mass is 10.3. The standard InChI is InChI=1S/C11H6BrCl2N3O3/c1-5-15-9(12)4-10(16-5)20-11-7(13)2-6(17(18)19)3-8(11)14/h2-4H,1H3. The molecule has 6 nitrogen and oxygen atoms in total. The molecule has 2 aromatic rings. The summed E-state index contributed by atoms with van der Waals surface area (Å²) < 4.78 is 6.00. The summed E-state index contributed by atoms with van der Waals surface area (Å²) in [6.07, 6.45) is 0. The van der Waals surface area contributed by atoms with Gasteiger partial charge in [0.2, 0.25) is 5.88 Å². The molecule has 0 unspecified atom stereocenters. The number of aryl methyl sites for hydroxylation is 1. The van der Waals surface area contributed by atoms with E-state index in [1.807, 2.05) is 0 Å². The Labute approximate surface area is 132 Å². The molecule has 0 spiro atoms. The minimum Gasteiger partial charge on any atom is -0.436 e. The van der Waals surface area contributed by atoms with Crippen LogP contribution in [0.25, 0.3) is 0 Å². The molecule has 0 atom stereocenters. The first-order valence-corrected chi connectivity index (χ1v) is 6.74. The molecule has 1 aromatic carbocycles. The zero-order chi connectivity index (χ0) is 14.9. The highest BCUT2D eigenvalue weighted by molar-refractivity contribution is 9.10. The van der Waals surface area contributed by atoms with Gasteiger partial charge >= 0.3 is 0 Å². The summed E-state index contributed by atoms with van der Waals surface area (Å²) in [5, 5.41) is 10.7. The van der Waals surface area contributed by atoms with Gasteiger partial charge in [0.25, 0.3) is 5.69 Å². The minimum absolute atomic E-state index is 0.0246. The van der Waals surface area contributed by atoms with E-state index in [1.165, 1.54) is 6.07 Å². The van der Waals surface area contributed by atoms with Gasteiger partial charge in [-0.05, 0) is 22.9 Å². The number of rotatable bonds is 3. The molecule has 0 radical (unpaired) electrons. The van der Waals surface area contributed by atoms with Crippen LogP contribution in [0.5, 0.6) is 11.6 Å². The van der Waals surface area contributed by atoms with E-state index < -0.39 is 4.92 Å². The summed E-state index contributed by atoms with van der Waals surface area (Å²) in [6, 6.07) is 3.85. The van der Waals surface area contributed by atoms with Crippen molar-refractivity contribution in [1.29, 1.82) is 0 Å². The summed E-state index contributed by atoms with van der Waals surface area (Å²) in [5.41, 5.74) is -0.215. The van der Waals surface area contributed by atoms with Gasteiger partial charge in [-0.1, -0.05) is 23.2 Å². The van der Waals surface area contributed by atoms with Crippen LogP contribution in [0.3, 0.4) is 0 Å². The number of non-ortho nitro benzene ring substituents is 1. The lowest BCUT2D eigenvalue weighted by molar-refractivity contribution is -0.384. The van der Waals surface area contributed by atoms with Crippen LogP contribution in [-0.2, 0) is 0 Å². The average molecular weight is 379 g/mol. The predicted molar refractivity (Wildman–Crippen MR) is 77.7 cm³/mol. The lowest BCUT2D eigenvalue weighted by Gasteiger charge is -2.09. The molecule has 9 heteroatoms. The van der Waals surface area contributed by atoms with Crippen molar-refractivity contribution in [3.8, 4) is 11.6 Å². The zero-order valence-corrected chi connectivity index (χ0v) is 13.0. The fourth-order valence-corrected chi connectivity index (χ4v) is 2.42. The third kappa shape index (κ3) is 3.36. The Balaban J connectivity index is 2.41. The summed E-state index contributed by atoms with van der Waals surface area (Å²) >= 11 is 15.1. The van der Waals surface area contributed by atoms with E-state index in [0.29, 0.717) is 10.4 Å². The number of nitrogens with zero attached hydrogens (tertiary/aromatic N) is 3. The van der Waals surface area contributed by atoms with Crippen LogP contribution in [0, 0.1) is 17.0 Å². The van der Waals surface area contributed by atoms with Gasteiger partial charge in [0.1, 0.15) is 10.4 Å². The van der Waals surface area contributed by atoms with Crippen LogP contribution >= 0.6 is 39.1 Å². The molecule has 20 heavy (non-hydrogen) atoms. The summed E-state index contributed by atoms with van der Waals surface area (Å²) in [7, 11) is 0. The first kappa shape index (κ1) is 15.0. The summed E-state index contributed by atoms with van der Waals surface area (Å²) in [5.74, 6) is 0.814. The maximum atomic E-state index is 10.7. The van der Waals surface area contributed by atoms with Crippen molar-refractivity contribution < 1.29 is 9.66 Å². The molecular weight excluding hydrogens is 373 g/mol. The Morgan fingerprint density at radius 1 is 1.25 bits per heavy atom. The summed E-state index contributed by atoms with van der Waals surface area (Å²) in [6.45, 7) is 1.69. The third-order valence-electron chi connectivity index (χ3n) is 2.18. The number of benzene rings is 1. The molecule has 104 valence electrons. The van der Waals surface area contributed by atoms with E-state index in [1.54, 1.807) is 6.92 Å².